The van der Waals surface area contributed by atoms with Crippen LogP contribution in [0.4, 0.5) is 32.0 Å². The van der Waals surface area contributed by atoms with Crippen molar-refractivity contribution in [3.8, 4) is 11.3 Å². The lowest BCUT2D eigenvalue weighted by Gasteiger charge is -2.12. The van der Waals surface area contributed by atoms with Crippen LogP contribution in [0.2, 0.25) is 0 Å². The normalized spacial score (nSPS) is 12.2. The molecule has 2 N–H and O–H groups in total. The quantitative estimate of drug-likeness (QED) is 0.589. The third-order valence-electron chi connectivity index (χ3n) is 3.72. The summed E-state index contributed by atoms with van der Waals surface area (Å²) in [7, 11) is -4.76. The van der Waals surface area contributed by atoms with Gasteiger partial charge in [0.25, 0.3) is 10.0 Å². The lowest BCUT2D eigenvalue weighted by Crippen LogP contribution is -2.16. The van der Waals surface area contributed by atoms with Gasteiger partial charge in [0, 0.05) is 11.8 Å². The molecule has 0 fully saturated rings. The Morgan fingerprint density at radius 1 is 0.893 bits per heavy atom. The minimum Gasteiger partial charge on any atom is -0.330 e. The molecule has 1 heterocycles. The Morgan fingerprint density at radius 3 is 2.14 bits per heavy atom. The van der Waals surface area contributed by atoms with Crippen molar-refractivity contribution in [1.82, 2.24) is 4.98 Å². The average molecular weight is 420 g/mol. The second kappa shape index (κ2) is 6.89. The lowest BCUT2D eigenvalue weighted by molar-refractivity contribution is -0.140. The third kappa shape index (κ3) is 3.84. The van der Waals surface area contributed by atoms with Gasteiger partial charge in [-0.2, -0.15) is 17.6 Å². The molecule has 0 radical (unpaired) electrons. The Hall–Kier alpha value is -2.95. The van der Waals surface area contributed by atoms with Crippen molar-refractivity contribution in [2.75, 3.05) is 4.72 Å². The SMILES string of the molecule is O=S(=O)(Nc1cc(F)c(C(F)(F)F)cc1F)c1cc(-c2ccccc2)[nH]c1F. The van der Waals surface area contributed by atoms with E-state index in [9.17, 15) is 34.8 Å². The molecule has 3 rings (SSSR count). The van der Waals surface area contributed by atoms with Crippen molar-refractivity contribution in [3.05, 3.63) is 71.7 Å². The van der Waals surface area contributed by atoms with Gasteiger partial charge in [-0.1, -0.05) is 30.3 Å². The molecule has 0 spiro atoms. The fourth-order valence-corrected chi connectivity index (χ4v) is 3.54. The van der Waals surface area contributed by atoms with Crippen LogP contribution in [0.3, 0.4) is 0 Å². The molecule has 28 heavy (non-hydrogen) atoms. The Kier molecular flexibility index (Phi) is 4.88. The number of anilines is 1. The van der Waals surface area contributed by atoms with Crippen LogP contribution in [0.25, 0.3) is 11.3 Å². The number of alkyl halides is 3. The van der Waals surface area contributed by atoms with Crippen molar-refractivity contribution < 1.29 is 34.8 Å². The van der Waals surface area contributed by atoms with Crippen LogP contribution in [-0.4, -0.2) is 13.4 Å². The molecule has 0 aliphatic rings. The van der Waals surface area contributed by atoms with Gasteiger partial charge < -0.3 is 4.98 Å². The molecule has 0 unspecified atom stereocenters. The molecule has 11 heteroatoms. The van der Waals surface area contributed by atoms with Crippen LogP contribution in [0, 0.1) is 17.6 Å². The summed E-state index contributed by atoms with van der Waals surface area (Å²) in [5.41, 5.74) is -2.44. The molecule has 0 bridgehead atoms. The van der Waals surface area contributed by atoms with E-state index in [1.54, 1.807) is 35.1 Å². The summed E-state index contributed by atoms with van der Waals surface area (Å²) in [6.45, 7) is 0. The van der Waals surface area contributed by atoms with Gasteiger partial charge in [-0.05, 0) is 17.7 Å². The number of rotatable bonds is 4. The number of sulfonamides is 1. The Bertz CT molecular complexity index is 1120. The Labute approximate surface area is 154 Å². The van der Waals surface area contributed by atoms with Crippen LogP contribution < -0.4 is 4.72 Å². The number of hydrogen-bond donors (Lipinski definition) is 2. The zero-order chi connectivity index (χ0) is 20.7. The van der Waals surface area contributed by atoms with E-state index in [-0.39, 0.29) is 17.8 Å². The van der Waals surface area contributed by atoms with Crippen molar-refractivity contribution >= 4 is 15.7 Å². The van der Waals surface area contributed by atoms with Gasteiger partial charge in [-0.3, -0.25) is 4.72 Å². The molecular formula is C17H10F6N2O2S. The van der Waals surface area contributed by atoms with Gasteiger partial charge in [0.2, 0.25) is 5.95 Å². The first-order valence-corrected chi connectivity index (χ1v) is 9.00. The van der Waals surface area contributed by atoms with Gasteiger partial charge in [-0.25, -0.2) is 17.2 Å². The van der Waals surface area contributed by atoms with Gasteiger partial charge in [0.15, 0.2) is 0 Å². The van der Waals surface area contributed by atoms with Crippen LogP contribution in [0.15, 0.2) is 53.4 Å². The molecule has 0 saturated carbocycles. The van der Waals surface area contributed by atoms with Crippen LogP contribution in [0.1, 0.15) is 5.56 Å². The third-order valence-corrected chi connectivity index (χ3v) is 5.08. The number of nitrogens with one attached hydrogen (secondary N) is 2. The maximum Gasteiger partial charge on any atom is 0.419 e. The summed E-state index contributed by atoms with van der Waals surface area (Å²) in [6, 6.07) is 8.85. The predicted octanol–water partition coefficient (Wildman–Crippen LogP) is 4.92. The molecule has 3 aromatic rings. The number of aromatic amines is 1. The minimum absolute atomic E-state index is 0.0401. The number of hydrogen-bond acceptors (Lipinski definition) is 2. The first kappa shape index (κ1) is 19.8. The second-order valence-corrected chi connectivity index (χ2v) is 7.29. The van der Waals surface area contributed by atoms with Crippen LogP contribution >= 0.6 is 0 Å². The minimum atomic E-state index is -5.17. The molecule has 0 aliphatic carbocycles. The lowest BCUT2D eigenvalue weighted by atomic mass is 10.2. The standard InChI is InChI=1S/C17H10F6N2O2S/c18-11-7-14(12(19)6-10(11)17(21,22)23)25-28(26,27)15-8-13(24-16(15)20)9-4-2-1-3-5-9/h1-8,24-25H. The summed E-state index contributed by atoms with van der Waals surface area (Å²) in [5.74, 6) is -4.83. The Balaban J connectivity index is 1.97. The van der Waals surface area contributed by atoms with Gasteiger partial charge in [0.1, 0.15) is 16.5 Å². The molecule has 148 valence electrons. The maximum absolute atomic E-state index is 14.1. The average Bonchev–Trinajstić information content (AvgIpc) is 3.00. The summed E-state index contributed by atoms with van der Waals surface area (Å²) in [4.78, 5) is 1.29. The molecule has 0 amide bonds. The summed E-state index contributed by atoms with van der Waals surface area (Å²) in [6.07, 6.45) is -5.17. The smallest absolute Gasteiger partial charge is 0.330 e. The fourth-order valence-electron chi connectivity index (χ4n) is 2.42. The zero-order valence-corrected chi connectivity index (χ0v) is 14.4. The van der Waals surface area contributed by atoms with Crippen molar-refractivity contribution in [3.63, 3.8) is 0 Å². The fraction of sp³-hybridized carbons (Fsp3) is 0.0588. The van der Waals surface area contributed by atoms with E-state index in [1.165, 1.54) is 0 Å². The number of halogens is 6. The molecular weight excluding hydrogens is 410 g/mol. The van der Waals surface area contributed by atoms with E-state index < -0.39 is 49.9 Å². The highest BCUT2D eigenvalue weighted by atomic mass is 32.2. The first-order valence-electron chi connectivity index (χ1n) is 7.52. The second-order valence-electron chi connectivity index (χ2n) is 5.64. The van der Waals surface area contributed by atoms with E-state index in [0.29, 0.717) is 5.56 Å². The first-order chi connectivity index (χ1) is 13.0. The molecule has 2 aromatic carbocycles. The van der Waals surface area contributed by atoms with Gasteiger partial charge in [-0.15, -0.1) is 0 Å². The molecule has 4 nitrogen and oxygen atoms in total. The maximum atomic E-state index is 14.1. The van der Waals surface area contributed by atoms with E-state index >= 15 is 0 Å². The van der Waals surface area contributed by atoms with E-state index in [0.717, 1.165) is 6.07 Å². The number of aromatic nitrogens is 1. The molecule has 0 saturated heterocycles. The van der Waals surface area contributed by atoms with Crippen molar-refractivity contribution in [2.45, 2.75) is 11.1 Å². The van der Waals surface area contributed by atoms with E-state index in [4.69, 9.17) is 0 Å². The topological polar surface area (TPSA) is 62.0 Å². The van der Waals surface area contributed by atoms with Gasteiger partial charge >= 0.3 is 6.18 Å². The Morgan fingerprint density at radius 2 is 1.54 bits per heavy atom. The monoisotopic (exact) mass is 420 g/mol. The summed E-state index contributed by atoms with van der Waals surface area (Å²) < 4.78 is 106. The zero-order valence-electron chi connectivity index (χ0n) is 13.6. The van der Waals surface area contributed by atoms with Crippen molar-refractivity contribution in [1.29, 1.82) is 0 Å². The van der Waals surface area contributed by atoms with Crippen molar-refractivity contribution in [2.24, 2.45) is 0 Å². The predicted molar refractivity (Wildman–Crippen MR) is 88.4 cm³/mol. The number of benzene rings is 2. The summed E-state index contributed by atoms with van der Waals surface area (Å²) in [5, 5.41) is 0. The molecule has 1 aromatic heterocycles. The highest BCUT2D eigenvalue weighted by Gasteiger charge is 2.35. The summed E-state index contributed by atoms with van der Waals surface area (Å²) >= 11 is 0. The van der Waals surface area contributed by atoms with E-state index in [1.807, 2.05) is 0 Å². The number of H-pyrrole nitrogens is 1. The molecule has 0 aliphatic heterocycles. The highest BCUT2D eigenvalue weighted by Crippen LogP contribution is 2.34. The highest BCUT2D eigenvalue weighted by molar-refractivity contribution is 7.92. The van der Waals surface area contributed by atoms with Gasteiger partial charge in [0.05, 0.1) is 11.3 Å². The van der Waals surface area contributed by atoms with Crippen LogP contribution in [0.5, 0.6) is 0 Å². The largest absolute Gasteiger partial charge is 0.419 e. The van der Waals surface area contributed by atoms with E-state index in [2.05, 4.69) is 4.98 Å². The molecule has 0 atom stereocenters. The van der Waals surface area contributed by atoms with Crippen LogP contribution in [-0.2, 0) is 16.2 Å².